The molecule has 0 radical (unpaired) electrons. The van der Waals surface area contributed by atoms with Gasteiger partial charge in [0.1, 0.15) is 4.34 Å². The molecule has 0 atom stereocenters. The SMILES string of the molecule is Cc1cscc1CNCc1cc(Br)c(Cl)s1. The van der Waals surface area contributed by atoms with Crippen LogP contribution in [0.3, 0.4) is 0 Å². The van der Waals surface area contributed by atoms with Crippen molar-refractivity contribution in [2.45, 2.75) is 20.0 Å². The minimum absolute atomic E-state index is 0.823. The van der Waals surface area contributed by atoms with Gasteiger partial charge in [-0.1, -0.05) is 11.6 Å². The average Bonchev–Trinajstić information content (AvgIpc) is 2.76. The van der Waals surface area contributed by atoms with E-state index in [4.69, 9.17) is 11.6 Å². The molecule has 0 aliphatic carbocycles. The van der Waals surface area contributed by atoms with E-state index in [-0.39, 0.29) is 0 Å². The monoisotopic (exact) mass is 335 g/mol. The van der Waals surface area contributed by atoms with E-state index in [1.54, 1.807) is 22.7 Å². The molecule has 5 heteroatoms. The summed E-state index contributed by atoms with van der Waals surface area (Å²) in [6.45, 7) is 3.93. The van der Waals surface area contributed by atoms with Gasteiger partial charge in [-0.3, -0.25) is 0 Å². The van der Waals surface area contributed by atoms with Crippen LogP contribution < -0.4 is 5.32 Å². The standard InChI is InChI=1S/C11H11BrClNS2/c1-7-5-15-6-8(7)3-14-4-9-2-10(12)11(13)16-9/h2,5-6,14H,3-4H2,1H3. The first kappa shape index (κ1) is 12.6. The normalized spacial score (nSPS) is 10.9. The van der Waals surface area contributed by atoms with Crippen LogP contribution in [0.25, 0.3) is 0 Å². The largest absolute Gasteiger partial charge is 0.308 e. The number of hydrogen-bond acceptors (Lipinski definition) is 3. The molecule has 2 rings (SSSR count). The van der Waals surface area contributed by atoms with Crippen LogP contribution in [0.5, 0.6) is 0 Å². The fraction of sp³-hybridized carbons (Fsp3) is 0.273. The van der Waals surface area contributed by atoms with Crippen molar-refractivity contribution in [3.8, 4) is 0 Å². The molecule has 86 valence electrons. The van der Waals surface area contributed by atoms with Crippen molar-refractivity contribution >= 4 is 50.2 Å². The Morgan fingerprint density at radius 1 is 1.38 bits per heavy atom. The summed E-state index contributed by atoms with van der Waals surface area (Å²) in [5.74, 6) is 0. The Kier molecular flexibility index (Phi) is 4.44. The lowest BCUT2D eigenvalue weighted by molar-refractivity contribution is 0.700. The molecule has 0 unspecified atom stereocenters. The summed E-state index contributed by atoms with van der Waals surface area (Å²) in [6, 6.07) is 2.07. The van der Waals surface area contributed by atoms with Crippen LogP contribution in [0, 0.1) is 6.92 Å². The lowest BCUT2D eigenvalue weighted by Gasteiger charge is -2.02. The Morgan fingerprint density at radius 3 is 2.75 bits per heavy atom. The number of aryl methyl sites for hydroxylation is 1. The van der Waals surface area contributed by atoms with Gasteiger partial charge < -0.3 is 5.32 Å². The number of halogens is 2. The molecule has 0 aliphatic rings. The first-order valence-corrected chi connectivity index (χ1v) is 7.76. The molecule has 1 nitrogen and oxygen atoms in total. The van der Waals surface area contributed by atoms with Crippen molar-refractivity contribution < 1.29 is 0 Å². The minimum Gasteiger partial charge on any atom is -0.308 e. The summed E-state index contributed by atoms with van der Waals surface area (Å²) in [6.07, 6.45) is 0. The predicted molar refractivity (Wildman–Crippen MR) is 76.6 cm³/mol. The van der Waals surface area contributed by atoms with E-state index in [1.165, 1.54) is 16.0 Å². The molecule has 0 amide bonds. The topological polar surface area (TPSA) is 12.0 Å². The van der Waals surface area contributed by atoms with Crippen LogP contribution in [0.2, 0.25) is 4.34 Å². The van der Waals surface area contributed by atoms with E-state index in [9.17, 15) is 0 Å². The molecule has 0 aromatic carbocycles. The van der Waals surface area contributed by atoms with Crippen molar-refractivity contribution in [1.29, 1.82) is 0 Å². The zero-order valence-electron chi connectivity index (χ0n) is 8.72. The lowest BCUT2D eigenvalue weighted by Crippen LogP contribution is -2.11. The first-order chi connectivity index (χ1) is 7.66. The maximum absolute atomic E-state index is 5.98. The molecule has 2 heterocycles. The van der Waals surface area contributed by atoms with Crippen LogP contribution >= 0.6 is 50.2 Å². The fourth-order valence-corrected chi connectivity index (χ4v) is 3.98. The summed E-state index contributed by atoms with van der Waals surface area (Å²) >= 11 is 12.8. The number of hydrogen-bond donors (Lipinski definition) is 1. The summed E-state index contributed by atoms with van der Waals surface area (Å²) in [7, 11) is 0. The van der Waals surface area contributed by atoms with Crippen molar-refractivity contribution in [3.05, 3.63) is 41.6 Å². The molecular weight excluding hydrogens is 326 g/mol. The van der Waals surface area contributed by atoms with Gasteiger partial charge in [0.15, 0.2) is 0 Å². The third-order valence-corrected chi connectivity index (χ3v) is 5.66. The van der Waals surface area contributed by atoms with Crippen LogP contribution in [0.1, 0.15) is 16.0 Å². The van der Waals surface area contributed by atoms with Gasteiger partial charge >= 0.3 is 0 Å². The predicted octanol–water partition coefficient (Wildman–Crippen LogP) is 4.82. The van der Waals surface area contributed by atoms with Gasteiger partial charge in [0.05, 0.1) is 0 Å². The highest BCUT2D eigenvalue weighted by Crippen LogP contribution is 2.31. The van der Waals surface area contributed by atoms with Crippen molar-refractivity contribution in [3.63, 3.8) is 0 Å². The Balaban J connectivity index is 1.87. The van der Waals surface area contributed by atoms with Gasteiger partial charge in [-0.05, 0) is 50.8 Å². The summed E-state index contributed by atoms with van der Waals surface area (Å²) in [4.78, 5) is 1.25. The molecule has 0 spiro atoms. The van der Waals surface area contributed by atoms with Gasteiger partial charge in [0.25, 0.3) is 0 Å². The maximum atomic E-state index is 5.98. The van der Waals surface area contributed by atoms with E-state index < -0.39 is 0 Å². The highest BCUT2D eigenvalue weighted by atomic mass is 79.9. The molecular formula is C11H11BrClNS2. The summed E-state index contributed by atoms with van der Waals surface area (Å²) in [5, 5.41) is 7.79. The van der Waals surface area contributed by atoms with E-state index in [0.29, 0.717) is 0 Å². The second-order valence-electron chi connectivity index (χ2n) is 3.52. The average molecular weight is 337 g/mol. The van der Waals surface area contributed by atoms with E-state index in [2.05, 4.69) is 45.0 Å². The molecule has 2 aromatic heterocycles. The molecule has 0 bridgehead atoms. The number of rotatable bonds is 4. The molecule has 0 saturated carbocycles. The third-order valence-electron chi connectivity index (χ3n) is 2.27. The van der Waals surface area contributed by atoms with Gasteiger partial charge in [-0.2, -0.15) is 11.3 Å². The second kappa shape index (κ2) is 5.65. The molecule has 0 fully saturated rings. The van der Waals surface area contributed by atoms with E-state index in [1.807, 2.05) is 0 Å². The first-order valence-electron chi connectivity index (χ1n) is 4.83. The molecule has 2 aromatic rings. The lowest BCUT2D eigenvalue weighted by atomic mass is 10.2. The Bertz CT molecular complexity index is 459. The fourth-order valence-electron chi connectivity index (χ4n) is 1.37. The smallest absolute Gasteiger partial charge is 0.107 e. The van der Waals surface area contributed by atoms with Gasteiger partial charge in [0.2, 0.25) is 0 Å². The summed E-state index contributed by atoms with van der Waals surface area (Å²) < 4.78 is 1.81. The van der Waals surface area contributed by atoms with Crippen LogP contribution in [0.15, 0.2) is 21.3 Å². The van der Waals surface area contributed by atoms with Gasteiger partial charge in [-0.15, -0.1) is 11.3 Å². The van der Waals surface area contributed by atoms with Crippen LogP contribution in [-0.4, -0.2) is 0 Å². The van der Waals surface area contributed by atoms with Crippen LogP contribution in [0.4, 0.5) is 0 Å². The molecule has 0 saturated heterocycles. The zero-order chi connectivity index (χ0) is 11.5. The maximum Gasteiger partial charge on any atom is 0.107 e. The molecule has 0 aliphatic heterocycles. The Labute approximate surface area is 117 Å². The second-order valence-corrected chi connectivity index (χ2v) is 6.85. The van der Waals surface area contributed by atoms with Crippen molar-refractivity contribution in [2.24, 2.45) is 0 Å². The third kappa shape index (κ3) is 3.08. The van der Waals surface area contributed by atoms with E-state index >= 15 is 0 Å². The van der Waals surface area contributed by atoms with E-state index in [0.717, 1.165) is 21.9 Å². The van der Waals surface area contributed by atoms with Gasteiger partial charge in [0, 0.05) is 22.4 Å². The minimum atomic E-state index is 0.823. The highest BCUT2D eigenvalue weighted by molar-refractivity contribution is 9.10. The van der Waals surface area contributed by atoms with Crippen LogP contribution in [-0.2, 0) is 13.1 Å². The quantitative estimate of drug-likeness (QED) is 0.843. The van der Waals surface area contributed by atoms with Crippen molar-refractivity contribution in [1.82, 2.24) is 5.32 Å². The van der Waals surface area contributed by atoms with Crippen molar-refractivity contribution in [2.75, 3.05) is 0 Å². The highest BCUT2D eigenvalue weighted by Gasteiger charge is 2.04. The molecule has 1 N–H and O–H groups in total. The van der Waals surface area contributed by atoms with Gasteiger partial charge in [-0.25, -0.2) is 0 Å². The number of thiophene rings is 2. The Hall–Kier alpha value is 0.130. The Morgan fingerprint density at radius 2 is 2.19 bits per heavy atom. The molecule has 16 heavy (non-hydrogen) atoms. The zero-order valence-corrected chi connectivity index (χ0v) is 12.7. The summed E-state index contributed by atoms with van der Waals surface area (Å²) in [5.41, 5.74) is 2.75. The number of nitrogens with one attached hydrogen (secondary N) is 1.